The van der Waals surface area contributed by atoms with Crippen LogP contribution in [0.1, 0.15) is 38.2 Å². The van der Waals surface area contributed by atoms with Crippen molar-refractivity contribution in [2.24, 2.45) is 4.99 Å². The van der Waals surface area contributed by atoms with Crippen molar-refractivity contribution in [1.29, 1.82) is 0 Å². The predicted octanol–water partition coefficient (Wildman–Crippen LogP) is 3.18. The minimum absolute atomic E-state index is 0. The standard InChI is InChI=1S/C19H31N5O2.HI/c1-3-23-14-6-8-18(23)15-22-19(20-2)21-13-5-4-7-16-9-11-17(12-10-16)24(25)26;/h9-12,18H,3-8,13-15H2,1-2H3,(H2,20,21,22);1H. The monoisotopic (exact) mass is 489 g/mol. The highest BCUT2D eigenvalue weighted by Gasteiger charge is 2.22. The molecule has 152 valence electrons. The molecule has 1 fully saturated rings. The van der Waals surface area contributed by atoms with E-state index in [9.17, 15) is 10.1 Å². The third kappa shape index (κ3) is 8.00. The maximum Gasteiger partial charge on any atom is 0.269 e. The van der Waals surface area contributed by atoms with Crippen molar-refractivity contribution in [2.75, 3.05) is 33.2 Å². The number of likely N-dealkylation sites (N-methyl/N-ethyl adjacent to an activating group) is 1. The molecule has 0 radical (unpaired) electrons. The molecule has 8 heteroatoms. The molecule has 1 heterocycles. The maximum atomic E-state index is 10.7. The second kappa shape index (κ2) is 12.9. The number of rotatable bonds is 9. The predicted molar refractivity (Wildman–Crippen MR) is 121 cm³/mol. The van der Waals surface area contributed by atoms with Crippen LogP contribution in [-0.2, 0) is 6.42 Å². The lowest BCUT2D eigenvalue weighted by molar-refractivity contribution is -0.384. The number of guanidine groups is 1. The molecule has 0 bridgehead atoms. The van der Waals surface area contributed by atoms with Crippen molar-refractivity contribution in [2.45, 2.75) is 45.1 Å². The largest absolute Gasteiger partial charge is 0.356 e. The fraction of sp³-hybridized carbons (Fsp3) is 0.632. The Labute approximate surface area is 179 Å². The van der Waals surface area contributed by atoms with Gasteiger partial charge in [0, 0.05) is 38.3 Å². The van der Waals surface area contributed by atoms with Gasteiger partial charge in [-0.05, 0) is 50.8 Å². The van der Waals surface area contributed by atoms with Crippen LogP contribution in [0.3, 0.4) is 0 Å². The average molecular weight is 489 g/mol. The van der Waals surface area contributed by atoms with Gasteiger partial charge in [-0.1, -0.05) is 19.1 Å². The van der Waals surface area contributed by atoms with Crippen LogP contribution < -0.4 is 10.6 Å². The van der Waals surface area contributed by atoms with Gasteiger partial charge in [-0.3, -0.25) is 20.0 Å². The molecule has 1 aliphatic heterocycles. The van der Waals surface area contributed by atoms with Gasteiger partial charge in [0.05, 0.1) is 4.92 Å². The van der Waals surface area contributed by atoms with Crippen LogP contribution in [0.2, 0.25) is 0 Å². The summed E-state index contributed by atoms with van der Waals surface area (Å²) in [5, 5.41) is 17.5. The van der Waals surface area contributed by atoms with Crippen LogP contribution >= 0.6 is 24.0 Å². The molecule has 0 saturated carbocycles. The highest BCUT2D eigenvalue weighted by molar-refractivity contribution is 14.0. The van der Waals surface area contributed by atoms with Gasteiger partial charge in [0.2, 0.25) is 0 Å². The Morgan fingerprint density at radius 1 is 1.30 bits per heavy atom. The minimum atomic E-state index is -0.363. The summed E-state index contributed by atoms with van der Waals surface area (Å²) in [6, 6.07) is 7.44. The topological polar surface area (TPSA) is 82.8 Å². The van der Waals surface area contributed by atoms with Gasteiger partial charge < -0.3 is 10.6 Å². The van der Waals surface area contributed by atoms with E-state index in [0.29, 0.717) is 6.04 Å². The number of unbranched alkanes of at least 4 members (excludes halogenated alkanes) is 1. The van der Waals surface area contributed by atoms with E-state index in [0.717, 1.165) is 50.4 Å². The number of nitro groups is 1. The van der Waals surface area contributed by atoms with E-state index in [2.05, 4.69) is 27.4 Å². The quantitative estimate of drug-likeness (QED) is 0.139. The fourth-order valence-corrected chi connectivity index (χ4v) is 3.42. The summed E-state index contributed by atoms with van der Waals surface area (Å²) in [6.07, 6.45) is 5.54. The number of aliphatic imine (C=N–C) groups is 1. The average Bonchev–Trinajstić information content (AvgIpc) is 3.12. The molecule has 2 rings (SSSR count). The van der Waals surface area contributed by atoms with Crippen LogP contribution in [0.25, 0.3) is 0 Å². The molecule has 1 saturated heterocycles. The number of nitro benzene ring substituents is 1. The molecule has 0 aliphatic carbocycles. The van der Waals surface area contributed by atoms with E-state index in [4.69, 9.17) is 0 Å². The zero-order chi connectivity index (χ0) is 18.8. The minimum Gasteiger partial charge on any atom is -0.356 e. The number of halogens is 1. The lowest BCUT2D eigenvalue weighted by atomic mass is 10.1. The van der Waals surface area contributed by atoms with Gasteiger partial charge in [0.15, 0.2) is 5.96 Å². The lowest BCUT2D eigenvalue weighted by Crippen LogP contribution is -2.45. The van der Waals surface area contributed by atoms with E-state index in [1.54, 1.807) is 19.2 Å². The first-order chi connectivity index (χ1) is 12.6. The van der Waals surface area contributed by atoms with Crippen LogP contribution in [0.4, 0.5) is 5.69 Å². The smallest absolute Gasteiger partial charge is 0.269 e. The SMILES string of the molecule is CCN1CCCC1CNC(=NC)NCCCCc1ccc([N+](=O)[O-])cc1.I. The summed E-state index contributed by atoms with van der Waals surface area (Å²) in [4.78, 5) is 17.1. The molecule has 7 nitrogen and oxygen atoms in total. The van der Waals surface area contributed by atoms with Gasteiger partial charge in [-0.25, -0.2) is 0 Å². The Hall–Kier alpha value is -1.42. The van der Waals surface area contributed by atoms with Gasteiger partial charge in [0.25, 0.3) is 5.69 Å². The Morgan fingerprint density at radius 2 is 2.04 bits per heavy atom. The van der Waals surface area contributed by atoms with E-state index >= 15 is 0 Å². The number of non-ortho nitro benzene ring substituents is 1. The second-order valence-corrected chi connectivity index (χ2v) is 6.69. The fourth-order valence-electron chi connectivity index (χ4n) is 3.42. The zero-order valence-electron chi connectivity index (χ0n) is 16.3. The maximum absolute atomic E-state index is 10.7. The number of hydrogen-bond acceptors (Lipinski definition) is 4. The molecule has 0 amide bonds. The molecule has 0 spiro atoms. The number of benzene rings is 1. The molecule has 1 aliphatic rings. The third-order valence-electron chi connectivity index (χ3n) is 4.97. The summed E-state index contributed by atoms with van der Waals surface area (Å²) < 4.78 is 0. The second-order valence-electron chi connectivity index (χ2n) is 6.69. The van der Waals surface area contributed by atoms with Gasteiger partial charge in [-0.15, -0.1) is 24.0 Å². The summed E-state index contributed by atoms with van der Waals surface area (Å²) >= 11 is 0. The Balaban J connectivity index is 0.00000364. The first-order valence-corrected chi connectivity index (χ1v) is 9.56. The van der Waals surface area contributed by atoms with E-state index in [-0.39, 0.29) is 34.6 Å². The summed E-state index contributed by atoms with van der Waals surface area (Å²) in [5.74, 6) is 0.864. The van der Waals surface area contributed by atoms with Crippen LogP contribution in [0.15, 0.2) is 29.3 Å². The summed E-state index contributed by atoms with van der Waals surface area (Å²) in [7, 11) is 1.80. The van der Waals surface area contributed by atoms with Crippen molar-refractivity contribution in [1.82, 2.24) is 15.5 Å². The summed E-state index contributed by atoms with van der Waals surface area (Å²) in [6.45, 7) is 6.35. The molecule has 2 N–H and O–H groups in total. The van der Waals surface area contributed by atoms with Crippen LogP contribution in [0.5, 0.6) is 0 Å². The van der Waals surface area contributed by atoms with E-state index in [1.807, 2.05) is 12.1 Å². The molecule has 1 aromatic carbocycles. The molecular formula is C19H32IN5O2. The molecule has 1 aromatic rings. The van der Waals surface area contributed by atoms with Crippen LogP contribution in [-0.4, -0.2) is 55.1 Å². The number of hydrogen-bond donors (Lipinski definition) is 2. The summed E-state index contributed by atoms with van der Waals surface area (Å²) in [5.41, 5.74) is 1.29. The van der Waals surface area contributed by atoms with Crippen molar-refractivity contribution >= 4 is 35.6 Å². The normalized spacial score (nSPS) is 17.4. The highest BCUT2D eigenvalue weighted by Crippen LogP contribution is 2.15. The van der Waals surface area contributed by atoms with Crippen molar-refractivity contribution < 1.29 is 4.92 Å². The number of likely N-dealkylation sites (tertiary alicyclic amines) is 1. The number of aryl methyl sites for hydroxylation is 1. The van der Waals surface area contributed by atoms with Gasteiger partial charge >= 0.3 is 0 Å². The Morgan fingerprint density at radius 3 is 2.67 bits per heavy atom. The highest BCUT2D eigenvalue weighted by atomic mass is 127. The number of nitrogens with one attached hydrogen (secondary N) is 2. The van der Waals surface area contributed by atoms with Crippen LogP contribution in [0, 0.1) is 10.1 Å². The van der Waals surface area contributed by atoms with E-state index < -0.39 is 0 Å². The molecule has 1 unspecified atom stereocenters. The van der Waals surface area contributed by atoms with Crippen molar-refractivity contribution in [3.05, 3.63) is 39.9 Å². The van der Waals surface area contributed by atoms with Crippen molar-refractivity contribution in [3.63, 3.8) is 0 Å². The first kappa shape index (κ1) is 23.6. The Bertz CT molecular complexity index is 594. The van der Waals surface area contributed by atoms with Crippen molar-refractivity contribution in [3.8, 4) is 0 Å². The molecule has 27 heavy (non-hydrogen) atoms. The first-order valence-electron chi connectivity index (χ1n) is 9.56. The Kier molecular flexibility index (Phi) is 11.3. The molecule has 0 aromatic heterocycles. The molecular weight excluding hydrogens is 457 g/mol. The van der Waals surface area contributed by atoms with Gasteiger partial charge in [0.1, 0.15) is 0 Å². The molecule has 1 atom stereocenters. The van der Waals surface area contributed by atoms with Gasteiger partial charge in [-0.2, -0.15) is 0 Å². The number of nitrogens with zero attached hydrogens (tertiary/aromatic N) is 3. The third-order valence-corrected chi connectivity index (χ3v) is 4.97. The lowest BCUT2D eigenvalue weighted by Gasteiger charge is -2.24. The van der Waals surface area contributed by atoms with E-state index in [1.165, 1.54) is 19.4 Å². The zero-order valence-corrected chi connectivity index (χ0v) is 18.6.